The van der Waals surface area contributed by atoms with Crippen molar-refractivity contribution in [3.05, 3.63) is 66.0 Å². The van der Waals surface area contributed by atoms with Crippen LogP contribution in [0.4, 0.5) is 0 Å². The highest BCUT2D eigenvalue weighted by Crippen LogP contribution is 2.69. The molecule has 0 radical (unpaired) electrons. The summed E-state index contributed by atoms with van der Waals surface area (Å²) >= 11 is 0. The Kier molecular flexibility index (Phi) is 10.0. The van der Waals surface area contributed by atoms with Crippen LogP contribution in [-0.4, -0.2) is 99.8 Å². The van der Waals surface area contributed by atoms with E-state index in [9.17, 15) is 33.9 Å². The van der Waals surface area contributed by atoms with E-state index in [4.69, 9.17) is 33.2 Å². The predicted octanol–water partition coefficient (Wildman–Crippen LogP) is 2.51. The molecule has 1 saturated heterocycles. The third kappa shape index (κ3) is 6.44. The molecular formula is C36H41NO14. The molecule has 15 nitrogen and oxygen atoms in total. The second-order valence-electron chi connectivity index (χ2n) is 13.8. The first-order chi connectivity index (χ1) is 23.9. The number of carbonyl (C=O) groups excluding carboxylic acids is 6. The number of carbonyl (C=O) groups is 6. The average Bonchev–Trinajstić information content (AvgIpc) is 3.24. The Bertz CT molecular complexity index is 1690. The number of hydrogen-bond donors (Lipinski definition) is 1. The van der Waals surface area contributed by atoms with Crippen molar-refractivity contribution in [1.29, 1.82) is 0 Å². The number of nitrogens with zero attached hydrogens (tertiary/aromatic N) is 1. The van der Waals surface area contributed by atoms with E-state index in [1.807, 2.05) is 0 Å². The molecule has 1 spiro atoms. The highest BCUT2D eigenvalue weighted by atomic mass is 16.7. The number of esters is 6. The summed E-state index contributed by atoms with van der Waals surface area (Å²) in [5.41, 5.74) is -8.20. The van der Waals surface area contributed by atoms with Crippen LogP contribution >= 0.6 is 0 Å². The van der Waals surface area contributed by atoms with Gasteiger partial charge < -0.3 is 38.3 Å². The summed E-state index contributed by atoms with van der Waals surface area (Å²) in [6, 6.07) is 10.7. The van der Waals surface area contributed by atoms with Crippen molar-refractivity contribution in [1.82, 2.24) is 4.98 Å². The molecule has 51 heavy (non-hydrogen) atoms. The maximum absolute atomic E-state index is 14.1. The van der Waals surface area contributed by atoms with Gasteiger partial charge >= 0.3 is 35.8 Å². The van der Waals surface area contributed by atoms with E-state index in [1.54, 1.807) is 32.0 Å². The van der Waals surface area contributed by atoms with Crippen LogP contribution in [0.1, 0.15) is 75.6 Å². The van der Waals surface area contributed by atoms with Gasteiger partial charge in [0, 0.05) is 46.5 Å². The summed E-state index contributed by atoms with van der Waals surface area (Å²) in [5.74, 6) is -6.44. The largest absolute Gasteiger partial charge is 0.461 e. The normalized spacial score (nSPS) is 33.1. The van der Waals surface area contributed by atoms with Crippen LogP contribution in [0.15, 0.2) is 54.9 Å². The molecule has 2 aliphatic carbocycles. The van der Waals surface area contributed by atoms with E-state index < -0.39 is 107 Å². The molecule has 2 bridgehead atoms. The van der Waals surface area contributed by atoms with Crippen molar-refractivity contribution in [2.24, 2.45) is 11.3 Å². The maximum atomic E-state index is 14.1. The molecule has 15 heteroatoms. The Balaban J connectivity index is 1.89. The predicted molar refractivity (Wildman–Crippen MR) is 171 cm³/mol. The molecule has 3 fully saturated rings. The lowest BCUT2D eigenvalue weighted by molar-refractivity contribution is -0.362. The minimum atomic E-state index is -2.34. The van der Waals surface area contributed by atoms with Crippen LogP contribution in [0.25, 0.3) is 0 Å². The van der Waals surface area contributed by atoms with E-state index in [2.05, 4.69) is 4.98 Å². The lowest BCUT2D eigenvalue weighted by atomic mass is 9.45. The Morgan fingerprint density at radius 3 is 1.90 bits per heavy atom. The Morgan fingerprint density at radius 2 is 1.33 bits per heavy atom. The van der Waals surface area contributed by atoms with Crippen LogP contribution in [0.5, 0.6) is 0 Å². The monoisotopic (exact) mass is 711 g/mol. The first kappa shape index (κ1) is 37.4. The van der Waals surface area contributed by atoms with Crippen LogP contribution in [0.2, 0.25) is 0 Å². The number of pyridine rings is 1. The van der Waals surface area contributed by atoms with Crippen molar-refractivity contribution >= 4 is 35.8 Å². The summed E-state index contributed by atoms with van der Waals surface area (Å²) in [7, 11) is 0. The topological polar surface area (TPSA) is 200 Å². The number of ether oxygens (including phenoxy) is 7. The van der Waals surface area contributed by atoms with Gasteiger partial charge in [0.1, 0.15) is 30.3 Å². The standard InChI is InChI=1S/C36H41NO14/c1-19(38)46-25-16-34(7,44)36-29(49-22(4)41)26(33(5,6)51-36)27(47-20(2)39)30(50-32(43)23-12-9-8-10-13-23)35(36,28(25)48-21(3)40)18-45-31(42)24-14-11-15-37-17-24/h8-15,17,25-30,44H,16,18H2,1-7H3/t25-,26+,27-,28-,29+,30+,34-,35-,36-/m0/s1. The third-order valence-corrected chi connectivity index (χ3v) is 9.84. The molecule has 1 aliphatic heterocycles. The van der Waals surface area contributed by atoms with Crippen molar-refractivity contribution < 1.29 is 67.0 Å². The first-order valence-electron chi connectivity index (χ1n) is 16.3. The molecule has 2 saturated carbocycles. The van der Waals surface area contributed by atoms with E-state index in [-0.39, 0.29) is 11.1 Å². The van der Waals surface area contributed by atoms with Crippen LogP contribution in [0, 0.1) is 11.3 Å². The fourth-order valence-corrected chi connectivity index (χ4v) is 8.34. The summed E-state index contributed by atoms with van der Waals surface area (Å²) in [5, 5.41) is 12.7. The van der Waals surface area contributed by atoms with Gasteiger partial charge in [-0.25, -0.2) is 9.59 Å². The molecular weight excluding hydrogens is 670 g/mol. The number of aliphatic hydroxyl groups is 1. The van der Waals surface area contributed by atoms with E-state index in [0.29, 0.717) is 0 Å². The number of benzene rings is 1. The van der Waals surface area contributed by atoms with Gasteiger partial charge in [0.15, 0.2) is 17.8 Å². The van der Waals surface area contributed by atoms with Gasteiger partial charge in [-0.05, 0) is 45.0 Å². The number of aromatic nitrogens is 1. The molecule has 274 valence electrons. The van der Waals surface area contributed by atoms with E-state index in [0.717, 1.165) is 27.7 Å². The Labute approximate surface area is 293 Å². The molecule has 0 unspecified atom stereocenters. The SMILES string of the molecule is CC(=O)O[C@H]1[C@@H]2[C@@H](OC(C)=O)[C@@]3(OC2(C)C)[C@](COC(=O)c2cccnc2)([C@@H]1OC(=O)c1ccccc1)[C@@H](OC(C)=O)[C@@H](OC(C)=O)C[C@]3(C)O. The van der Waals surface area contributed by atoms with Gasteiger partial charge in [0.2, 0.25) is 0 Å². The number of rotatable bonds is 9. The second-order valence-corrected chi connectivity index (χ2v) is 13.8. The molecule has 1 aromatic carbocycles. The minimum Gasteiger partial charge on any atom is -0.461 e. The molecule has 5 rings (SSSR count). The van der Waals surface area contributed by atoms with Crippen molar-refractivity contribution in [2.45, 2.75) is 102 Å². The molecule has 1 N–H and O–H groups in total. The molecule has 2 aromatic rings. The Morgan fingerprint density at radius 1 is 0.745 bits per heavy atom. The quantitative estimate of drug-likeness (QED) is 0.294. The molecule has 0 amide bonds. The fraction of sp³-hybridized carbons (Fsp3) is 0.528. The molecule has 3 aliphatic rings. The zero-order valence-corrected chi connectivity index (χ0v) is 29.3. The number of hydrogen-bond acceptors (Lipinski definition) is 15. The minimum absolute atomic E-state index is 0.00153. The van der Waals surface area contributed by atoms with Gasteiger partial charge in [-0.2, -0.15) is 0 Å². The van der Waals surface area contributed by atoms with Crippen molar-refractivity contribution in [2.75, 3.05) is 6.61 Å². The molecule has 1 aromatic heterocycles. The van der Waals surface area contributed by atoms with Crippen LogP contribution in [-0.2, 0) is 52.3 Å². The van der Waals surface area contributed by atoms with Gasteiger partial charge in [-0.3, -0.25) is 24.2 Å². The highest BCUT2D eigenvalue weighted by Gasteiger charge is 2.89. The smallest absolute Gasteiger partial charge is 0.339 e. The van der Waals surface area contributed by atoms with Gasteiger partial charge in [-0.15, -0.1) is 0 Å². The van der Waals surface area contributed by atoms with Crippen molar-refractivity contribution in [3.63, 3.8) is 0 Å². The lowest BCUT2D eigenvalue weighted by Crippen LogP contribution is -2.85. The first-order valence-corrected chi connectivity index (χ1v) is 16.3. The zero-order chi connectivity index (χ0) is 37.5. The Hall–Kier alpha value is -4.89. The van der Waals surface area contributed by atoms with Crippen LogP contribution in [0.3, 0.4) is 0 Å². The number of fused-ring (bicyclic) bond motifs is 1. The van der Waals surface area contributed by atoms with Crippen LogP contribution < -0.4 is 0 Å². The fourth-order valence-electron chi connectivity index (χ4n) is 8.34. The third-order valence-electron chi connectivity index (χ3n) is 9.84. The average molecular weight is 712 g/mol. The highest BCUT2D eigenvalue weighted by molar-refractivity contribution is 5.90. The van der Waals surface area contributed by atoms with Gasteiger partial charge in [0.05, 0.1) is 28.2 Å². The summed E-state index contributed by atoms with van der Waals surface area (Å²) in [6.07, 6.45) is -5.91. The maximum Gasteiger partial charge on any atom is 0.339 e. The van der Waals surface area contributed by atoms with Gasteiger partial charge in [-0.1, -0.05) is 18.2 Å². The zero-order valence-electron chi connectivity index (χ0n) is 29.3. The molecule has 2 heterocycles. The lowest BCUT2D eigenvalue weighted by Gasteiger charge is -2.66. The summed E-state index contributed by atoms with van der Waals surface area (Å²) < 4.78 is 42.7. The van der Waals surface area contributed by atoms with E-state index in [1.165, 1.54) is 43.6 Å². The van der Waals surface area contributed by atoms with Gasteiger partial charge in [0.25, 0.3) is 0 Å². The summed E-state index contributed by atoms with van der Waals surface area (Å²) in [6.45, 7) is 8.05. The molecule has 9 atom stereocenters. The van der Waals surface area contributed by atoms with Crippen molar-refractivity contribution in [3.8, 4) is 0 Å². The summed E-state index contributed by atoms with van der Waals surface area (Å²) in [4.78, 5) is 83.2. The van der Waals surface area contributed by atoms with E-state index >= 15 is 0 Å². The second kappa shape index (κ2) is 13.7.